The maximum Gasteiger partial charge on any atom is 0.227 e. The molecule has 0 unspecified atom stereocenters. The Kier molecular flexibility index (Phi) is 16.9. The molecular formula is C44H50Cl2N12O4. The third-order valence-corrected chi connectivity index (χ3v) is 9.97. The molecule has 0 amide bonds. The number of anilines is 6. The Morgan fingerprint density at radius 3 is 1.08 bits per heavy atom. The maximum absolute atomic E-state index is 5.75. The Bertz CT molecular complexity index is 2090. The van der Waals surface area contributed by atoms with Crippen LogP contribution in [0, 0.1) is 0 Å². The predicted octanol–water partition coefficient (Wildman–Crippen LogP) is 7.35. The van der Waals surface area contributed by atoms with E-state index in [9.17, 15) is 0 Å². The highest BCUT2D eigenvalue weighted by Crippen LogP contribution is 2.25. The summed E-state index contributed by atoms with van der Waals surface area (Å²) in [4.78, 5) is 24.8. The molecule has 3 atom stereocenters. The van der Waals surface area contributed by atoms with Gasteiger partial charge in [0.15, 0.2) is 5.75 Å². The van der Waals surface area contributed by atoms with Crippen LogP contribution < -0.4 is 36.6 Å². The van der Waals surface area contributed by atoms with Crippen LogP contribution in [0.25, 0.3) is 0 Å². The zero-order valence-electron chi connectivity index (χ0n) is 34.3. The van der Waals surface area contributed by atoms with Crippen LogP contribution in [0.5, 0.6) is 5.75 Å². The van der Waals surface area contributed by atoms with Crippen molar-refractivity contribution in [1.82, 2.24) is 45.9 Å². The lowest BCUT2D eigenvalue weighted by molar-refractivity contribution is 0.0276. The molecule has 3 saturated heterocycles. The van der Waals surface area contributed by atoms with Crippen LogP contribution in [0.1, 0.15) is 41.9 Å². The Morgan fingerprint density at radius 1 is 0.500 bits per heavy atom. The van der Waals surface area contributed by atoms with Gasteiger partial charge >= 0.3 is 0 Å². The highest BCUT2D eigenvalue weighted by Gasteiger charge is 2.17. The summed E-state index contributed by atoms with van der Waals surface area (Å²) in [6, 6.07) is 24.3. The lowest BCUT2D eigenvalue weighted by Crippen LogP contribution is -2.33. The molecule has 0 aliphatic carbocycles. The van der Waals surface area contributed by atoms with Crippen LogP contribution in [0.4, 0.5) is 34.9 Å². The standard InChI is InChI=1S/C16H20N4O2.2C14H15ClN4O/c1-2-21-14-9-18-16(19-10-14)20-13-5-3-12(4-6-13)15-11-17-7-8-22-15;2*15-11-7-17-14(18-8-11)19-12-3-1-10(2-4-12)13-9-16-5-6-20-13/h3-6,9-10,15,17H,2,7-8,11H2,1H3,(H,18,19,20);2*1-4,7-8,13,16H,5-6,9H2,(H,17,18,19)/t15-;2*13-/m010/s1. The molecule has 6 heterocycles. The number of aromatic nitrogens is 6. The number of hydrogen-bond donors (Lipinski definition) is 6. The Balaban J connectivity index is 0.000000140. The molecule has 62 heavy (non-hydrogen) atoms. The van der Waals surface area contributed by atoms with Gasteiger partial charge < -0.3 is 50.8 Å². The quantitative estimate of drug-likeness (QED) is 0.0758. The van der Waals surface area contributed by atoms with Gasteiger partial charge in [-0.25, -0.2) is 29.9 Å². The van der Waals surface area contributed by atoms with E-state index in [0.717, 1.165) is 76.2 Å². The molecule has 6 N–H and O–H groups in total. The van der Waals surface area contributed by atoms with E-state index >= 15 is 0 Å². The number of ether oxygens (including phenoxy) is 4. The first-order valence-corrected chi connectivity index (χ1v) is 21.2. The summed E-state index contributed by atoms with van der Waals surface area (Å²) in [7, 11) is 0. The molecule has 0 bridgehead atoms. The molecule has 0 radical (unpaired) electrons. The normalized spacial score (nSPS) is 18.5. The van der Waals surface area contributed by atoms with Crippen molar-refractivity contribution in [1.29, 1.82) is 0 Å². The number of nitrogens with zero attached hydrogens (tertiary/aromatic N) is 6. The van der Waals surface area contributed by atoms with E-state index in [1.54, 1.807) is 37.2 Å². The van der Waals surface area contributed by atoms with Crippen molar-refractivity contribution in [3.05, 3.63) is 137 Å². The van der Waals surface area contributed by atoms with Gasteiger partial charge in [-0.05, 0) is 60.0 Å². The van der Waals surface area contributed by atoms with Crippen molar-refractivity contribution in [2.24, 2.45) is 0 Å². The molecule has 16 nitrogen and oxygen atoms in total. The van der Waals surface area contributed by atoms with Gasteiger partial charge in [0, 0.05) is 56.3 Å². The average molecular weight is 882 g/mol. The summed E-state index contributed by atoms with van der Waals surface area (Å²) in [5.74, 6) is 2.27. The van der Waals surface area contributed by atoms with Crippen molar-refractivity contribution in [3.8, 4) is 5.75 Å². The molecule has 3 aromatic carbocycles. The lowest BCUT2D eigenvalue weighted by atomic mass is 10.1. The highest BCUT2D eigenvalue weighted by atomic mass is 35.5. The van der Waals surface area contributed by atoms with Gasteiger partial charge in [-0.3, -0.25) is 0 Å². The molecule has 324 valence electrons. The van der Waals surface area contributed by atoms with E-state index in [4.69, 9.17) is 42.1 Å². The zero-order chi connectivity index (χ0) is 42.8. The highest BCUT2D eigenvalue weighted by molar-refractivity contribution is 6.30. The number of morpholine rings is 3. The largest absolute Gasteiger partial charge is 0.491 e. The SMILES string of the molecule is CCOc1cnc(Nc2ccc([C@@H]3CNCCO3)cc2)nc1.Clc1cnc(Nc2ccc([C@@H]3CNCCO3)cc2)nc1.Clc1cnc(Nc2ccc([C@H]3CNCCO3)cc2)nc1. The van der Waals surface area contributed by atoms with Crippen molar-refractivity contribution < 1.29 is 18.9 Å². The minimum Gasteiger partial charge on any atom is -0.491 e. The van der Waals surface area contributed by atoms with Gasteiger partial charge in [0.1, 0.15) is 0 Å². The lowest BCUT2D eigenvalue weighted by Gasteiger charge is -2.24. The third-order valence-electron chi connectivity index (χ3n) is 9.58. The van der Waals surface area contributed by atoms with Crippen LogP contribution in [0.3, 0.4) is 0 Å². The van der Waals surface area contributed by atoms with E-state index in [1.807, 2.05) is 43.3 Å². The molecule has 3 fully saturated rings. The van der Waals surface area contributed by atoms with E-state index in [-0.39, 0.29) is 18.3 Å². The number of hydrogen-bond acceptors (Lipinski definition) is 16. The van der Waals surface area contributed by atoms with Crippen molar-refractivity contribution >= 4 is 58.1 Å². The first-order valence-electron chi connectivity index (χ1n) is 20.5. The van der Waals surface area contributed by atoms with Gasteiger partial charge in [-0.1, -0.05) is 59.6 Å². The molecule has 0 spiro atoms. The Hall–Kier alpha value is -5.56. The van der Waals surface area contributed by atoms with Gasteiger partial charge in [0.25, 0.3) is 0 Å². The monoisotopic (exact) mass is 880 g/mol. The van der Waals surface area contributed by atoms with Crippen LogP contribution in [0.2, 0.25) is 10.0 Å². The number of rotatable bonds is 11. The summed E-state index contributed by atoms with van der Waals surface area (Å²) < 4.78 is 22.5. The molecule has 0 saturated carbocycles. The molecule has 18 heteroatoms. The van der Waals surface area contributed by atoms with E-state index in [1.165, 1.54) is 16.7 Å². The summed E-state index contributed by atoms with van der Waals surface area (Å²) in [6.07, 6.45) is 9.96. The van der Waals surface area contributed by atoms with Gasteiger partial charge in [-0.15, -0.1) is 0 Å². The van der Waals surface area contributed by atoms with E-state index in [0.29, 0.717) is 40.2 Å². The third kappa shape index (κ3) is 14.0. The minimum atomic E-state index is 0.129. The Labute approximate surface area is 370 Å². The second kappa shape index (κ2) is 23.6. The summed E-state index contributed by atoms with van der Waals surface area (Å²) in [5.41, 5.74) is 6.31. The molecule has 3 aliphatic rings. The number of nitrogens with one attached hydrogen (secondary N) is 6. The second-order valence-corrected chi connectivity index (χ2v) is 14.9. The first-order chi connectivity index (χ1) is 30.5. The van der Waals surface area contributed by atoms with Gasteiger partial charge in [0.05, 0.1) is 92.0 Å². The average Bonchev–Trinajstić information content (AvgIpc) is 3.33. The molecule has 3 aromatic heterocycles. The van der Waals surface area contributed by atoms with Gasteiger partial charge in [0.2, 0.25) is 17.8 Å². The smallest absolute Gasteiger partial charge is 0.227 e. The second-order valence-electron chi connectivity index (χ2n) is 14.1. The van der Waals surface area contributed by atoms with Crippen LogP contribution in [-0.4, -0.2) is 95.6 Å². The van der Waals surface area contributed by atoms with E-state index < -0.39 is 0 Å². The fourth-order valence-electron chi connectivity index (χ4n) is 6.44. The predicted molar refractivity (Wildman–Crippen MR) is 241 cm³/mol. The van der Waals surface area contributed by atoms with Gasteiger partial charge in [-0.2, -0.15) is 0 Å². The molecular weight excluding hydrogens is 831 g/mol. The fourth-order valence-corrected chi connectivity index (χ4v) is 6.64. The van der Waals surface area contributed by atoms with Crippen molar-refractivity contribution in [2.45, 2.75) is 25.2 Å². The van der Waals surface area contributed by atoms with Crippen molar-refractivity contribution in [3.63, 3.8) is 0 Å². The topological polar surface area (TPSA) is 186 Å². The summed E-state index contributed by atoms with van der Waals surface area (Å²) >= 11 is 11.5. The Morgan fingerprint density at radius 2 is 0.806 bits per heavy atom. The molecule has 6 aromatic rings. The first kappa shape index (κ1) is 44.5. The van der Waals surface area contributed by atoms with Crippen LogP contribution in [0.15, 0.2) is 110 Å². The molecule has 9 rings (SSSR count). The fraction of sp³-hybridized carbons (Fsp3) is 0.318. The molecule has 3 aliphatic heterocycles. The summed E-state index contributed by atoms with van der Waals surface area (Å²) in [6.45, 7) is 10.1. The number of halogens is 2. The van der Waals surface area contributed by atoms with Crippen molar-refractivity contribution in [2.75, 3.05) is 81.6 Å². The zero-order valence-corrected chi connectivity index (χ0v) is 35.8. The maximum atomic E-state index is 5.75. The van der Waals surface area contributed by atoms with Crippen LogP contribution in [-0.2, 0) is 14.2 Å². The number of benzene rings is 3. The minimum absolute atomic E-state index is 0.129. The summed E-state index contributed by atoms with van der Waals surface area (Å²) in [5, 5.41) is 20.4. The van der Waals surface area contributed by atoms with Crippen LogP contribution >= 0.6 is 23.2 Å². The van der Waals surface area contributed by atoms with E-state index in [2.05, 4.69) is 98.2 Å².